The first-order valence-electron chi connectivity index (χ1n) is 11.8. The van der Waals surface area contributed by atoms with Gasteiger partial charge in [-0.1, -0.05) is 48.3 Å². The van der Waals surface area contributed by atoms with Crippen LogP contribution in [0, 0.1) is 0 Å². The SMILES string of the molecule is C=CCOc1ccc([C@H]2C(C(=O)OCC)=C(C)N=c3s/c(=C\c4ccc(OCC(=O)O)cc4)c(=O)n32)cc1. The molecular weight excluding hydrogens is 508 g/mol. The van der Waals surface area contributed by atoms with Crippen LogP contribution in [0.1, 0.15) is 31.0 Å². The Morgan fingerprint density at radius 2 is 1.76 bits per heavy atom. The molecule has 3 aromatic rings. The van der Waals surface area contributed by atoms with Gasteiger partial charge in [0, 0.05) is 0 Å². The number of hydrogen-bond acceptors (Lipinski definition) is 8. The molecule has 0 saturated heterocycles. The Labute approximate surface area is 222 Å². The van der Waals surface area contributed by atoms with Crippen LogP contribution in [0.4, 0.5) is 0 Å². The Morgan fingerprint density at radius 1 is 1.11 bits per heavy atom. The van der Waals surface area contributed by atoms with Gasteiger partial charge in [0.1, 0.15) is 18.1 Å². The lowest BCUT2D eigenvalue weighted by Crippen LogP contribution is -2.39. The molecule has 0 aliphatic carbocycles. The van der Waals surface area contributed by atoms with Gasteiger partial charge in [0.2, 0.25) is 0 Å². The molecule has 1 aliphatic rings. The number of aliphatic carboxylic acids is 1. The van der Waals surface area contributed by atoms with Crippen LogP contribution in [0.3, 0.4) is 0 Å². The monoisotopic (exact) mass is 534 g/mol. The molecule has 0 unspecified atom stereocenters. The maximum Gasteiger partial charge on any atom is 0.341 e. The van der Waals surface area contributed by atoms with Gasteiger partial charge >= 0.3 is 11.9 Å². The summed E-state index contributed by atoms with van der Waals surface area (Å²) in [6, 6.07) is 13.2. The Morgan fingerprint density at radius 3 is 2.39 bits per heavy atom. The summed E-state index contributed by atoms with van der Waals surface area (Å²) in [6.07, 6.45) is 3.37. The van der Waals surface area contributed by atoms with E-state index in [9.17, 15) is 14.4 Å². The smallest absolute Gasteiger partial charge is 0.341 e. The summed E-state index contributed by atoms with van der Waals surface area (Å²) in [5.74, 6) is -0.561. The molecule has 2 heterocycles. The highest BCUT2D eigenvalue weighted by molar-refractivity contribution is 7.07. The molecule has 9 nitrogen and oxygen atoms in total. The minimum atomic E-state index is -1.07. The molecule has 4 rings (SSSR count). The number of carbonyl (C=O) groups excluding carboxylic acids is 1. The van der Waals surface area contributed by atoms with Gasteiger partial charge in [-0.05, 0) is 55.3 Å². The molecule has 1 aliphatic heterocycles. The summed E-state index contributed by atoms with van der Waals surface area (Å²) in [4.78, 5) is 42.4. The Hall–Kier alpha value is -4.44. The number of aromatic nitrogens is 1. The van der Waals surface area contributed by atoms with E-state index in [0.717, 1.165) is 5.56 Å². The number of hydrogen-bond donors (Lipinski definition) is 1. The Kier molecular flexibility index (Phi) is 8.22. The number of carboxylic acids is 1. The van der Waals surface area contributed by atoms with Gasteiger partial charge in [0.15, 0.2) is 11.4 Å². The van der Waals surface area contributed by atoms with Gasteiger partial charge in [-0.2, -0.15) is 0 Å². The Balaban J connectivity index is 1.78. The summed E-state index contributed by atoms with van der Waals surface area (Å²) < 4.78 is 18.0. The van der Waals surface area contributed by atoms with Crippen LogP contribution in [0.15, 0.2) is 82.2 Å². The van der Waals surface area contributed by atoms with E-state index in [4.69, 9.17) is 19.3 Å². The first-order chi connectivity index (χ1) is 18.3. The van der Waals surface area contributed by atoms with Gasteiger partial charge in [-0.15, -0.1) is 0 Å². The van der Waals surface area contributed by atoms with Crippen molar-refractivity contribution in [3.63, 3.8) is 0 Å². The number of rotatable bonds is 10. The van der Waals surface area contributed by atoms with Crippen LogP contribution in [0.2, 0.25) is 0 Å². The predicted molar refractivity (Wildman–Crippen MR) is 142 cm³/mol. The highest BCUT2D eigenvalue weighted by Gasteiger charge is 2.33. The average Bonchev–Trinajstić information content (AvgIpc) is 3.20. The molecule has 10 heteroatoms. The second kappa shape index (κ2) is 11.7. The van der Waals surface area contributed by atoms with Gasteiger partial charge in [0.05, 0.1) is 28.5 Å². The highest BCUT2D eigenvalue weighted by atomic mass is 32.1. The molecule has 2 aromatic carbocycles. The summed E-state index contributed by atoms with van der Waals surface area (Å²) >= 11 is 1.22. The first kappa shape index (κ1) is 26.6. The third-order valence-electron chi connectivity index (χ3n) is 5.62. The van der Waals surface area contributed by atoms with E-state index in [1.54, 1.807) is 62.4 Å². The van der Waals surface area contributed by atoms with Crippen molar-refractivity contribution in [2.24, 2.45) is 4.99 Å². The fourth-order valence-corrected chi connectivity index (χ4v) is 5.01. The van der Waals surface area contributed by atoms with Crippen molar-refractivity contribution in [2.45, 2.75) is 19.9 Å². The lowest BCUT2D eigenvalue weighted by Gasteiger charge is -2.24. The van der Waals surface area contributed by atoms with Crippen LogP contribution in [-0.2, 0) is 14.3 Å². The molecule has 1 N–H and O–H groups in total. The zero-order valence-corrected chi connectivity index (χ0v) is 21.7. The summed E-state index contributed by atoms with van der Waals surface area (Å²) in [7, 11) is 0. The number of nitrogens with zero attached hydrogens (tertiary/aromatic N) is 2. The highest BCUT2D eigenvalue weighted by Crippen LogP contribution is 2.31. The maximum atomic E-state index is 13.7. The van der Waals surface area contributed by atoms with Gasteiger partial charge in [0.25, 0.3) is 5.56 Å². The fraction of sp³-hybridized carbons (Fsp3) is 0.214. The molecule has 0 fully saturated rings. The lowest BCUT2D eigenvalue weighted by molar-refractivity contribution is -0.140. The zero-order chi connectivity index (χ0) is 27.2. The van der Waals surface area contributed by atoms with Crippen molar-refractivity contribution in [2.75, 3.05) is 19.8 Å². The van der Waals surface area contributed by atoms with Crippen LogP contribution >= 0.6 is 11.3 Å². The molecule has 1 atom stereocenters. The van der Waals surface area contributed by atoms with E-state index in [-0.39, 0.29) is 12.2 Å². The number of allylic oxidation sites excluding steroid dienone is 1. The molecule has 196 valence electrons. The number of fused-ring (bicyclic) bond motifs is 1. The quantitative estimate of drug-likeness (QED) is 0.314. The normalized spacial score (nSPS) is 14.9. The van der Waals surface area contributed by atoms with E-state index >= 15 is 0 Å². The second-order valence-corrected chi connectivity index (χ2v) is 9.23. The van der Waals surface area contributed by atoms with E-state index in [2.05, 4.69) is 11.6 Å². The van der Waals surface area contributed by atoms with Crippen molar-refractivity contribution in [3.05, 3.63) is 103 Å². The van der Waals surface area contributed by atoms with Crippen molar-refractivity contribution >= 4 is 29.4 Å². The van der Waals surface area contributed by atoms with Crippen molar-refractivity contribution < 1.29 is 28.9 Å². The molecule has 0 saturated carbocycles. The number of ether oxygens (including phenoxy) is 3. The van der Waals surface area contributed by atoms with Gasteiger partial charge < -0.3 is 19.3 Å². The van der Waals surface area contributed by atoms with Crippen LogP contribution < -0.4 is 24.4 Å². The number of esters is 1. The number of benzene rings is 2. The largest absolute Gasteiger partial charge is 0.490 e. The molecule has 0 spiro atoms. The summed E-state index contributed by atoms with van der Waals surface area (Å²) in [5, 5.41) is 8.77. The van der Waals surface area contributed by atoms with Crippen LogP contribution in [0.5, 0.6) is 11.5 Å². The Bertz CT molecular complexity index is 1570. The van der Waals surface area contributed by atoms with Gasteiger partial charge in [-0.25, -0.2) is 14.6 Å². The molecular formula is C28H26N2O7S. The fourth-order valence-electron chi connectivity index (χ4n) is 3.97. The van der Waals surface area contributed by atoms with Crippen LogP contribution in [0.25, 0.3) is 6.08 Å². The summed E-state index contributed by atoms with van der Waals surface area (Å²) in [5.41, 5.74) is 1.91. The number of carbonyl (C=O) groups is 2. The molecule has 1 aromatic heterocycles. The second-order valence-electron chi connectivity index (χ2n) is 8.22. The van der Waals surface area contributed by atoms with E-state index in [1.807, 2.05) is 12.1 Å². The van der Waals surface area contributed by atoms with Crippen molar-refractivity contribution in [3.8, 4) is 11.5 Å². The van der Waals surface area contributed by atoms with E-state index < -0.39 is 24.6 Å². The van der Waals surface area contributed by atoms with E-state index in [1.165, 1.54) is 15.9 Å². The van der Waals surface area contributed by atoms with E-state index in [0.29, 0.717) is 44.3 Å². The van der Waals surface area contributed by atoms with Gasteiger partial charge in [-0.3, -0.25) is 9.36 Å². The number of thiazole rings is 1. The maximum absolute atomic E-state index is 13.7. The molecule has 0 bridgehead atoms. The summed E-state index contributed by atoms with van der Waals surface area (Å²) in [6.45, 7) is 7.20. The molecule has 0 amide bonds. The topological polar surface area (TPSA) is 116 Å². The third kappa shape index (κ3) is 5.76. The van der Waals surface area contributed by atoms with Crippen LogP contribution in [-0.4, -0.2) is 41.4 Å². The predicted octanol–water partition coefficient (Wildman–Crippen LogP) is 2.83. The molecule has 38 heavy (non-hydrogen) atoms. The minimum Gasteiger partial charge on any atom is -0.490 e. The van der Waals surface area contributed by atoms with Crippen molar-refractivity contribution in [1.29, 1.82) is 0 Å². The molecule has 0 radical (unpaired) electrons. The standard InChI is InChI=1S/C28H26N2O7S/c1-4-14-36-20-12-8-19(9-13-20)25-24(27(34)35-5-2)17(3)29-28-30(25)26(33)22(38-28)15-18-6-10-21(11-7-18)37-16-23(31)32/h4,6-13,15,25H,1,5,14,16H2,2-3H3,(H,31,32)/b22-15-/t25-/m0/s1. The average molecular weight is 535 g/mol. The third-order valence-corrected chi connectivity index (χ3v) is 6.60. The minimum absolute atomic E-state index is 0.188. The lowest BCUT2D eigenvalue weighted by atomic mass is 9.96. The first-order valence-corrected chi connectivity index (χ1v) is 12.6. The van der Waals surface area contributed by atoms with Crippen molar-refractivity contribution in [1.82, 2.24) is 4.57 Å². The number of carboxylic acid groups (broad SMARTS) is 1. The zero-order valence-electron chi connectivity index (χ0n) is 20.9.